The Morgan fingerprint density at radius 3 is 2.45 bits per heavy atom. The summed E-state index contributed by atoms with van der Waals surface area (Å²) in [6.45, 7) is 7.85. The first-order valence-electron chi connectivity index (χ1n) is 6.60. The summed E-state index contributed by atoms with van der Waals surface area (Å²) in [6, 6.07) is 0. The number of nitrogens with zero attached hydrogens (tertiary/aromatic N) is 1. The number of ether oxygens (including phenoxy) is 1. The molecule has 1 atom stereocenters. The minimum atomic E-state index is -1.20. The number of amides is 1. The van der Waals surface area contributed by atoms with Gasteiger partial charge in [-0.05, 0) is 27.7 Å². The van der Waals surface area contributed by atoms with Crippen LogP contribution in [0.2, 0.25) is 0 Å². The normalized spacial score (nSPS) is 25.7. The minimum absolute atomic E-state index is 0.333. The fourth-order valence-corrected chi connectivity index (χ4v) is 2.24. The summed E-state index contributed by atoms with van der Waals surface area (Å²) in [6.07, 6.45) is 0.208. The van der Waals surface area contributed by atoms with Gasteiger partial charge in [-0.1, -0.05) is 0 Å². The second-order valence-corrected chi connectivity index (χ2v) is 6.29. The van der Waals surface area contributed by atoms with E-state index < -0.39 is 17.2 Å². The highest BCUT2D eigenvalue weighted by Gasteiger charge is 2.42. The van der Waals surface area contributed by atoms with E-state index in [-0.39, 0.29) is 6.09 Å². The maximum Gasteiger partial charge on any atom is 0.410 e. The van der Waals surface area contributed by atoms with Crippen LogP contribution in [-0.2, 0) is 9.53 Å². The molecule has 7 heteroatoms. The van der Waals surface area contributed by atoms with Crippen molar-refractivity contribution in [3.63, 3.8) is 0 Å². The number of hydrogen-bond donors (Lipinski definition) is 3. The van der Waals surface area contributed by atoms with Crippen molar-refractivity contribution in [2.24, 2.45) is 0 Å². The molecule has 2 rings (SSSR count). The van der Waals surface area contributed by atoms with E-state index in [9.17, 15) is 14.7 Å². The summed E-state index contributed by atoms with van der Waals surface area (Å²) in [5.74, 6) is -0.976. The van der Waals surface area contributed by atoms with Gasteiger partial charge in [0.2, 0.25) is 5.66 Å². The Morgan fingerprint density at radius 1 is 1.30 bits per heavy atom. The fraction of sp³-hybridized carbons (Fsp3) is 0.692. The summed E-state index contributed by atoms with van der Waals surface area (Å²) in [7, 11) is 0. The highest BCUT2D eigenvalue weighted by Crippen LogP contribution is 2.25. The first kappa shape index (κ1) is 14.5. The molecule has 0 spiro atoms. The summed E-state index contributed by atoms with van der Waals surface area (Å²) in [4.78, 5) is 24.8. The Kier molecular flexibility index (Phi) is 3.31. The van der Waals surface area contributed by atoms with Crippen molar-refractivity contribution in [1.82, 2.24) is 15.5 Å². The zero-order valence-corrected chi connectivity index (χ0v) is 12.2. The van der Waals surface area contributed by atoms with Crippen molar-refractivity contribution >= 4 is 12.1 Å². The summed E-state index contributed by atoms with van der Waals surface area (Å²) >= 11 is 0. The third-order valence-corrected chi connectivity index (χ3v) is 3.23. The quantitative estimate of drug-likeness (QED) is 0.660. The van der Waals surface area contributed by atoms with Crippen LogP contribution in [0.5, 0.6) is 0 Å². The molecule has 0 bridgehead atoms. The maximum atomic E-state index is 12.0. The van der Waals surface area contributed by atoms with Crippen LogP contribution in [0, 0.1) is 0 Å². The van der Waals surface area contributed by atoms with Crippen molar-refractivity contribution in [1.29, 1.82) is 0 Å². The fourth-order valence-electron chi connectivity index (χ4n) is 2.24. The van der Waals surface area contributed by atoms with E-state index in [0.29, 0.717) is 19.5 Å². The van der Waals surface area contributed by atoms with Crippen molar-refractivity contribution in [3.8, 4) is 0 Å². The SMILES string of the molecule is CC(C)(C)OC(=O)N1CCC2=C(C1)NC(C)(C(=O)O)N2. The van der Waals surface area contributed by atoms with Gasteiger partial charge in [-0.2, -0.15) is 0 Å². The monoisotopic (exact) mass is 283 g/mol. The molecule has 0 aromatic heterocycles. The maximum absolute atomic E-state index is 12.0. The molecule has 0 aliphatic carbocycles. The molecular weight excluding hydrogens is 262 g/mol. The van der Waals surface area contributed by atoms with E-state index in [1.165, 1.54) is 0 Å². The average molecular weight is 283 g/mol. The lowest BCUT2D eigenvalue weighted by molar-refractivity contribution is -0.144. The van der Waals surface area contributed by atoms with Gasteiger partial charge in [-0.3, -0.25) is 0 Å². The number of carbonyl (C=O) groups is 2. The molecule has 0 fully saturated rings. The zero-order valence-electron chi connectivity index (χ0n) is 12.2. The van der Waals surface area contributed by atoms with Gasteiger partial charge >= 0.3 is 12.1 Å². The highest BCUT2D eigenvalue weighted by atomic mass is 16.6. The van der Waals surface area contributed by atoms with E-state index in [4.69, 9.17) is 4.74 Å². The molecule has 3 N–H and O–H groups in total. The van der Waals surface area contributed by atoms with Gasteiger partial charge in [0, 0.05) is 18.7 Å². The topological polar surface area (TPSA) is 90.9 Å². The zero-order chi connectivity index (χ0) is 15.1. The van der Waals surface area contributed by atoms with Crippen LogP contribution in [0.25, 0.3) is 0 Å². The molecule has 0 radical (unpaired) electrons. The first-order valence-corrected chi connectivity index (χ1v) is 6.60. The van der Waals surface area contributed by atoms with E-state index in [2.05, 4.69) is 10.6 Å². The Balaban J connectivity index is 2.03. The number of aliphatic carboxylic acids is 1. The van der Waals surface area contributed by atoms with Gasteiger partial charge < -0.3 is 25.4 Å². The van der Waals surface area contributed by atoms with Crippen LogP contribution in [-0.4, -0.2) is 46.4 Å². The van der Waals surface area contributed by atoms with Gasteiger partial charge in [0.1, 0.15) is 5.60 Å². The van der Waals surface area contributed by atoms with Gasteiger partial charge in [0.15, 0.2) is 0 Å². The lowest BCUT2D eigenvalue weighted by Crippen LogP contribution is -2.54. The second-order valence-electron chi connectivity index (χ2n) is 6.29. The lowest BCUT2D eigenvalue weighted by atomic mass is 10.1. The minimum Gasteiger partial charge on any atom is -0.478 e. The van der Waals surface area contributed by atoms with E-state index in [0.717, 1.165) is 11.4 Å². The molecule has 2 aliphatic heterocycles. The van der Waals surface area contributed by atoms with Crippen LogP contribution in [0.15, 0.2) is 11.4 Å². The molecule has 0 aromatic rings. The molecule has 1 amide bonds. The Morgan fingerprint density at radius 2 is 1.90 bits per heavy atom. The van der Waals surface area contributed by atoms with Gasteiger partial charge in [0.05, 0.1) is 12.2 Å². The van der Waals surface area contributed by atoms with Gasteiger partial charge in [0.25, 0.3) is 0 Å². The van der Waals surface area contributed by atoms with Crippen molar-refractivity contribution in [2.45, 2.75) is 45.4 Å². The molecule has 0 saturated carbocycles. The largest absolute Gasteiger partial charge is 0.478 e. The predicted octanol–water partition coefficient (Wildman–Crippen LogP) is 0.832. The number of carbonyl (C=O) groups excluding carboxylic acids is 1. The molecule has 2 heterocycles. The predicted molar refractivity (Wildman–Crippen MR) is 71.8 cm³/mol. The number of carboxylic acids is 1. The van der Waals surface area contributed by atoms with Crippen LogP contribution < -0.4 is 10.6 Å². The number of rotatable bonds is 1. The van der Waals surface area contributed by atoms with Crippen molar-refractivity contribution < 1.29 is 19.4 Å². The number of hydrogen-bond acceptors (Lipinski definition) is 5. The standard InChI is InChI=1S/C13H21N3O4/c1-12(2,3)20-11(19)16-6-5-8-9(7-16)15-13(4,14-8)10(17)18/h14-15H,5-7H2,1-4H3,(H,17,18). The third kappa shape index (κ3) is 2.81. The first-order chi connectivity index (χ1) is 9.11. The Hall–Kier alpha value is -1.92. The number of nitrogens with one attached hydrogen (secondary N) is 2. The summed E-state index contributed by atoms with van der Waals surface area (Å²) in [5, 5.41) is 15.1. The third-order valence-electron chi connectivity index (χ3n) is 3.23. The molecule has 0 saturated heterocycles. The van der Waals surface area contributed by atoms with Crippen LogP contribution in [0.4, 0.5) is 4.79 Å². The average Bonchev–Trinajstić information content (AvgIpc) is 2.63. The molecule has 1 unspecified atom stereocenters. The summed E-state index contributed by atoms with van der Waals surface area (Å²) < 4.78 is 5.32. The Labute approximate surface area is 118 Å². The number of carboxylic acid groups (broad SMARTS) is 1. The van der Waals surface area contributed by atoms with Crippen LogP contribution in [0.1, 0.15) is 34.1 Å². The van der Waals surface area contributed by atoms with E-state index in [1.54, 1.807) is 11.8 Å². The van der Waals surface area contributed by atoms with E-state index >= 15 is 0 Å². The van der Waals surface area contributed by atoms with Crippen molar-refractivity contribution in [2.75, 3.05) is 13.1 Å². The Bertz CT molecular complexity index is 480. The van der Waals surface area contributed by atoms with Crippen LogP contribution >= 0.6 is 0 Å². The van der Waals surface area contributed by atoms with Gasteiger partial charge in [-0.25, -0.2) is 9.59 Å². The van der Waals surface area contributed by atoms with Crippen LogP contribution in [0.3, 0.4) is 0 Å². The molecule has 112 valence electrons. The second kappa shape index (κ2) is 4.57. The molecule has 20 heavy (non-hydrogen) atoms. The van der Waals surface area contributed by atoms with E-state index in [1.807, 2.05) is 20.8 Å². The van der Waals surface area contributed by atoms with Gasteiger partial charge in [-0.15, -0.1) is 0 Å². The smallest absolute Gasteiger partial charge is 0.410 e. The lowest BCUT2D eigenvalue weighted by Gasteiger charge is -2.30. The highest BCUT2D eigenvalue weighted by molar-refractivity contribution is 5.79. The molecule has 2 aliphatic rings. The summed E-state index contributed by atoms with van der Waals surface area (Å²) in [5.41, 5.74) is -0.140. The van der Waals surface area contributed by atoms with Crippen molar-refractivity contribution in [3.05, 3.63) is 11.4 Å². The molecule has 0 aromatic carbocycles. The molecule has 7 nitrogen and oxygen atoms in total. The molecular formula is C13H21N3O4.